The predicted octanol–water partition coefficient (Wildman–Crippen LogP) is 4.80. The minimum atomic E-state index is 0.0650. The van der Waals surface area contributed by atoms with Gasteiger partial charge in [-0.2, -0.15) is 0 Å². The number of benzene rings is 2. The number of carbonyl (C=O) groups excluding carboxylic acids is 3. The molecule has 7 nitrogen and oxygen atoms in total. The fourth-order valence-electron chi connectivity index (χ4n) is 5.54. The number of amides is 3. The maximum atomic E-state index is 12.9. The molecular weight excluding hydrogens is 452 g/mol. The van der Waals surface area contributed by atoms with Gasteiger partial charge < -0.3 is 14.7 Å². The quantitative estimate of drug-likeness (QED) is 0.526. The van der Waals surface area contributed by atoms with Crippen molar-refractivity contribution in [3.8, 4) is 22.3 Å². The summed E-state index contributed by atoms with van der Waals surface area (Å²) in [6.45, 7) is 1.91. The molecule has 0 bridgehead atoms. The second kappa shape index (κ2) is 9.22. The number of pyridine rings is 1. The van der Waals surface area contributed by atoms with E-state index in [1.807, 2.05) is 40.3 Å². The molecule has 36 heavy (non-hydrogen) atoms. The third-order valence-electron chi connectivity index (χ3n) is 7.38. The summed E-state index contributed by atoms with van der Waals surface area (Å²) in [6, 6.07) is 16.1. The van der Waals surface area contributed by atoms with E-state index in [9.17, 15) is 14.4 Å². The third kappa shape index (κ3) is 3.94. The molecular formula is C29H28N4O3. The van der Waals surface area contributed by atoms with E-state index < -0.39 is 0 Å². The summed E-state index contributed by atoms with van der Waals surface area (Å²) in [7, 11) is 0. The molecule has 3 aliphatic rings. The molecule has 0 unspecified atom stereocenters. The smallest absolute Gasteiger partial charge is 0.227 e. The normalized spacial score (nSPS) is 18.1. The van der Waals surface area contributed by atoms with Gasteiger partial charge in [0.05, 0.1) is 17.1 Å². The number of anilines is 3. The molecule has 0 aliphatic carbocycles. The zero-order chi connectivity index (χ0) is 24.6. The molecule has 182 valence electrons. The molecule has 7 heteroatoms. The third-order valence-corrected chi connectivity index (χ3v) is 7.38. The first-order valence-corrected chi connectivity index (χ1v) is 12.7. The van der Waals surface area contributed by atoms with Gasteiger partial charge in [-0.25, -0.2) is 0 Å². The van der Waals surface area contributed by atoms with Gasteiger partial charge >= 0.3 is 0 Å². The fraction of sp³-hybridized carbons (Fsp3) is 0.310. The van der Waals surface area contributed by atoms with Crippen molar-refractivity contribution in [3.05, 3.63) is 60.9 Å². The fourth-order valence-corrected chi connectivity index (χ4v) is 5.54. The Bertz CT molecular complexity index is 1340. The molecule has 6 rings (SSSR count). The standard InChI is InChI=1S/C29H28N4O3/c34-27-6-2-14-31(27)24-18-26(33-16-4-8-29(33)36)25(32-15-3-7-28(32)35)17-23(24)21-11-9-20(10-12-21)22-5-1-13-30-19-22/h1,5,9-13,17-19H,2-4,6-8,14-16H2. The monoisotopic (exact) mass is 480 g/mol. The average Bonchev–Trinajstić information content (AvgIpc) is 3.65. The van der Waals surface area contributed by atoms with Crippen LogP contribution in [0.25, 0.3) is 22.3 Å². The van der Waals surface area contributed by atoms with Gasteiger partial charge in [-0.15, -0.1) is 0 Å². The Labute approximate surface area is 210 Å². The van der Waals surface area contributed by atoms with E-state index in [-0.39, 0.29) is 17.7 Å². The maximum Gasteiger partial charge on any atom is 0.227 e. The van der Waals surface area contributed by atoms with E-state index in [1.54, 1.807) is 11.1 Å². The van der Waals surface area contributed by atoms with Gasteiger partial charge in [0, 0.05) is 56.9 Å². The number of hydrogen-bond donors (Lipinski definition) is 0. The lowest BCUT2D eigenvalue weighted by Crippen LogP contribution is -2.31. The van der Waals surface area contributed by atoms with Gasteiger partial charge in [-0.05, 0) is 54.2 Å². The van der Waals surface area contributed by atoms with Crippen LogP contribution in [0.4, 0.5) is 17.1 Å². The summed E-state index contributed by atoms with van der Waals surface area (Å²) in [4.78, 5) is 48.1. The number of rotatable bonds is 5. The summed E-state index contributed by atoms with van der Waals surface area (Å²) in [5, 5.41) is 0. The Morgan fingerprint density at radius 1 is 0.583 bits per heavy atom. The van der Waals surface area contributed by atoms with Crippen molar-refractivity contribution >= 4 is 34.8 Å². The summed E-state index contributed by atoms with van der Waals surface area (Å²) in [5.41, 5.74) is 6.24. The van der Waals surface area contributed by atoms with Crippen LogP contribution >= 0.6 is 0 Å². The van der Waals surface area contributed by atoms with E-state index in [1.165, 1.54) is 0 Å². The Balaban J connectivity index is 1.52. The lowest BCUT2D eigenvalue weighted by atomic mass is 9.97. The zero-order valence-corrected chi connectivity index (χ0v) is 20.2. The van der Waals surface area contributed by atoms with Crippen LogP contribution in [-0.4, -0.2) is 42.3 Å². The first kappa shape index (κ1) is 22.5. The summed E-state index contributed by atoms with van der Waals surface area (Å²) < 4.78 is 0. The minimum Gasteiger partial charge on any atom is -0.312 e. The molecule has 0 radical (unpaired) electrons. The van der Waals surface area contributed by atoms with Gasteiger partial charge in [0.15, 0.2) is 0 Å². The van der Waals surface area contributed by atoms with Crippen molar-refractivity contribution in [2.24, 2.45) is 0 Å². The molecule has 3 amide bonds. The topological polar surface area (TPSA) is 73.8 Å². The highest BCUT2D eigenvalue weighted by Gasteiger charge is 2.33. The summed E-state index contributed by atoms with van der Waals surface area (Å²) in [6.07, 6.45) is 7.52. The first-order valence-electron chi connectivity index (χ1n) is 12.7. The Morgan fingerprint density at radius 2 is 1.11 bits per heavy atom. The van der Waals surface area contributed by atoms with Crippen molar-refractivity contribution in [2.75, 3.05) is 34.3 Å². The summed E-state index contributed by atoms with van der Waals surface area (Å²) >= 11 is 0. The molecule has 1 aromatic heterocycles. The number of carbonyl (C=O) groups is 3. The van der Waals surface area contributed by atoms with Crippen molar-refractivity contribution < 1.29 is 14.4 Å². The van der Waals surface area contributed by atoms with Crippen LogP contribution in [0.2, 0.25) is 0 Å². The van der Waals surface area contributed by atoms with E-state index in [2.05, 4.69) is 29.2 Å². The van der Waals surface area contributed by atoms with Crippen LogP contribution in [0.3, 0.4) is 0 Å². The van der Waals surface area contributed by atoms with Gasteiger partial charge in [0.25, 0.3) is 0 Å². The molecule has 3 aliphatic heterocycles. The van der Waals surface area contributed by atoms with Gasteiger partial charge in [0.1, 0.15) is 0 Å². The number of aromatic nitrogens is 1. The molecule has 3 aromatic rings. The van der Waals surface area contributed by atoms with Crippen molar-refractivity contribution in [1.82, 2.24) is 4.98 Å². The Morgan fingerprint density at radius 3 is 1.61 bits per heavy atom. The van der Waals surface area contributed by atoms with E-state index in [0.29, 0.717) is 38.9 Å². The second-order valence-corrected chi connectivity index (χ2v) is 9.62. The van der Waals surface area contributed by atoms with E-state index in [0.717, 1.165) is 58.6 Å². The Kier molecular flexibility index (Phi) is 5.76. The lowest BCUT2D eigenvalue weighted by Gasteiger charge is -2.29. The van der Waals surface area contributed by atoms with Crippen LogP contribution in [-0.2, 0) is 14.4 Å². The highest BCUT2D eigenvalue weighted by atomic mass is 16.2. The van der Waals surface area contributed by atoms with Gasteiger partial charge in [-0.3, -0.25) is 19.4 Å². The molecule has 3 fully saturated rings. The highest BCUT2D eigenvalue weighted by Crippen LogP contribution is 2.44. The number of hydrogen-bond acceptors (Lipinski definition) is 4. The van der Waals surface area contributed by atoms with E-state index in [4.69, 9.17) is 0 Å². The van der Waals surface area contributed by atoms with Crippen molar-refractivity contribution in [3.63, 3.8) is 0 Å². The molecule has 0 atom stereocenters. The Hall–Kier alpha value is -4.00. The molecule has 3 saturated heterocycles. The van der Waals surface area contributed by atoms with Gasteiger partial charge in [-0.1, -0.05) is 30.3 Å². The predicted molar refractivity (Wildman–Crippen MR) is 140 cm³/mol. The molecule has 2 aromatic carbocycles. The number of nitrogens with zero attached hydrogens (tertiary/aromatic N) is 4. The van der Waals surface area contributed by atoms with Crippen molar-refractivity contribution in [1.29, 1.82) is 0 Å². The average molecular weight is 481 g/mol. The van der Waals surface area contributed by atoms with Gasteiger partial charge in [0.2, 0.25) is 17.7 Å². The van der Waals surface area contributed by atoms with Crippen molar-refractivity contribution in [2.45, 2.75) is 38.5 Å². The van der Waals surface area contributed by atoms with Crippen LogP contribution in [0.5, 0.6) is 0 Å². The van der Waals surface area contributed by atoms with Crippen LogP contribution in [0.1, 0.15) is 38.5 Å². The molecule has 0 N–H and O–H groups in total. The molecule has 0 saturated carbocycles. The molecule has 4 heterocycles. The largest absolute Gasteiger partial charge is 0.312 e. The second-order valence-electron chi connectivity index (χ2n) is 9.62. The zero-order valence-electron chi connectivity index (χ0n) is 20.2. The van der Waals surface area contributed by atoms with Crippen LogP contribution in [0.15, 0.2) is 60.9 Å². The first-order chi connectivity index (χ1) is 17.6. The maximum absolute atomic E-state index is 12.9. The van der Waals surface area contributed by atoms with E-state index >= 15 is 0 Å². The summed E-state index contributed by atoms with van der Waals surface area (Å²) in [5.74, 6) is 0.230. The lowest BCUT2D eigenvalue weighted by molar-refractivity contribution is -0.118. The SMILES string of the molecule is O=C1CCCN1c1cc(N2CCCC2=O)c(N2CCCC2=O)cc1-c1ccc(-c2cccnc2)cc1. The molecule has 0 spiro atoms. The highest BCUT2D eigenvalue weighted by molar-refractivity contribution is 6.08. The minimum absolute atomic E-state index is 0.0650. The van der Waals surface area contributed by atoms with Crippen LogP contribution in [0, 0.1) is 0 Å². The van der Waals surface area contributed by atoms with Crippen LogP contribution < -0.4 is 14.7 Å².